The zero-order valence-corrected chi connectivity index (χ0v) is 12.5. The van der Waals surface area contributed by atoms with Gasteiger partial charge in [0.15, 0.2) is 12.6 Å². The molecule has 2 rings (SSSR count). The Morgan fingerprint density at radius 3 is 1.00 bits per heavy atom. The molecule has 0 bridgehead atoms. The molecule has 10 atom stereocenters. The van der Waals surface area contributed by atoms with Gasteiger partial charge in [-0.25, -0.2) is 0 Å². The average molecular weight is 360 g/mol. The zero-order valence-electron chi connectivity index (χ0n) is 12.5. The van der Waals surface area contributed by atoms with E-state index in [4.69, 9.17) is 51.1 Å². The summed E-state index contributed by atoms with van der Waals surface area (Å²) in [6, 6.07) is 0. The van der Waals surface area contributed by atoms with Crippen LogP contribution in [0.1, 0.15) is 0 Å². The Kier molecular flexibility index (Phi) is 8.34. The maximum atomic E-state index is 9.12. The van der Waals surface area contributed by atoms with Crippen molar-refractivity contribution in [3.05, 3.63) is 0 Å². The standard InChI is InChI=1S/2C6H12O6/c2*7-1-2-3(8)4(9)5(10)6(11)12-2/h2*2-11H,1H2/t2-,3+,4+,5-,6+;2-,3-,4+,5+,6?/m11/s1. The molecule has 2 heterocycles. The van der Waals surface area contributed by atoms with Crippen LogP contribution in [-0.2, 0) is 9.47 Å². The van der Waals surface area contributed by atoms with Gasteiger partial charge in [0.25, 0.3) is 0 Å². The number of rotatable bonds is 2. The van der Waals surface area contributed by atoms with Crippen LogP contribution in [0.25, 0.3) is 0 Å². The summed E-state index contributed by atoms with van der Waals surface area (Å²) < 4.78 is 9.15. The highest BCUT2D eigenvalue weighted by atomic mass is 16.6. The first-order chi connectivity index (χ1) is 11.1. The fourth-order valence-corrected chi connectivity index (χ4v) is 2.16. The summed E-state index contributed by atoms with van der Waals surface area (Å²) in [5, 5.41) is 89.3. The average Bonchev–Trinajstić information content (AvgIpc) is 2.58. The second kappa shape index (κ2) is 9.28. The molecule has 24 heavy (non-hydrogen) atoms. The molecule has 0 aromatic carbocycles. The fraction of sp³-hybridized carbons (Fsp3) is 1.00. The lowest BCUT2D eigenvalue weighted by Crippen LogP contribution is -2.58. The van der Waals surface area contributed by atoms with E-state index in [-0.39, 0.29) is 0 Å². The maximum absolute atomic E-state index is 9.12. The summed E-state index contributed by atoms with van der Waals surface area (Å²) in [5.41, 5.74) is 0. The third kappa shape index (κ3) is 4.78. The highest BCUT2D eigenvalue weighted by Gasteiger charge is 2.43. The molecule has 0 aliphatic carbocycles. The van der Waals surface area contributed by atoms with Crippen LogP contribution in [0.3, 0.4) is 0 Å². The maximum Gasteiger partial charge on any atom is 0.184 e. The molecule has 0 spiro atoms. The first-order valence-electron chi connectivity index (χ1n) is 7.12. The van der Waals surface area contributed by atoms with E-state index >= 15 is 0 Å². The largest absolute Gasteiger partial charge is 0.394 e. The number of ether oxygens (including phenoxy) is 2. The molecule has 2 saturated heterocycles. The van der Waals surface area contributed by atoms with Crippen LogP contribution in [0.2, 0.25) is 0 Å². The van der Waals surface area contributed by atoms with E-state index in [0.717, 1.165) is 0 Å². The minimum atomic E-state index is -1.57. The third-order valence-electron chi connectivity index (χ3n) is 3.73. The number of hydrogen-bond donors (Lipinski definition) is 10. The van der Waals surface area contributed by atoms with E-state index in [9.17, 15) is 0 Å². The van der Waals surface area contributed by atoms with Crippen molar-refractivity contribution in [1.29, 1.82) is 0 Å². The molecule has 0 amide bonds. The molecule has 144 valence electrons. The molecule has 1 unspecified atom stereocenters. The Hall–Kier alpha value is -0.480. The minimum absolute atomic E-state index is 0.526. The normalized spacial score (nSPS) is 49.2. The predicted molar refractivity (Wildman–Crippen MR) is 72.0 cm³/mol. The lowest BCUT2D eigenvalue weighted by molar-refractivity contribution is -0.286. The van der Waals surface area contributed by atoms with Gasteiger partial charge in [0.2, 0.25) is 0 Å². The van der Waals surface area contributed by atoms with Crippen molar-refractivity contribution >= 4 is 0 Å². The molecule has 10 N–H and O–H groups in total. The van der Waals surface area contributed by atoms with Crippen molar-refractivity contribution < 1.29 is 60.5 Å². The molecule has 2 fully saturated rings. The van der Waals surface area contributed by atoms with Crippen molar-refractivity contribution in [1.82, 2.24) is 0 Å². The Labute approximate surface area is 136 Å². The van der Waals surface area contributed by atoms with Gasteiger partial charge >= 0.3 is 0 Å². The van der Waals surface area contributed by atoms with Crippen LogP contribution >= 0.6 is 0 Å². The third-order valence-corrected chi connectivity index (χ3v) is 3.73. The Morgan fingerprint density at radius 1 is 0.458 bits per heavy atom. The van der Waals surface area contributed by atoms with E-state index in [1.165, 1.54) is 0 Å². The molecule has 2 aliphatic rings. The number of aliphatic hydroxyl groups excluding tert-OH is 10. The Bertz CT molecular complexity index is 326. The SMILES string of the molecule is OC[C@H]1OC(O)[C@@H](O)[C@@H](O)[C@@H]1O.OC[C@H]1O[C@H](O)[C@H](O)[C@@H](O)[C@H]1O. The van der Waals surface area contributed by atoms with Gasteiger partial charge in [-0.3, -0.25) is 0 Å². The van der Waals surface area contributed by atoms with Crippen molar-refractivity contribution in [3.63, 3.8) is 0 Å². The van der Waals surface area contributed by atoms with E-state index in [1.807, 2.05) is 0 Å². The van der Waals surface area contributed by atoms with Crippen LogP contribution in [-0.4, -0.2) is 126 Å². The highest BCUT2D eigenvalue weighted by molar-refractivity contribution is 4.88. The molecule has 0 radical (unpaired) electrons. The second-order valence-electron chi connectivity index (χ2n) is 5.44. The molecule has 0 aromatic heterocycles. The fourth-order valence-electron chi connectivity index (χ4n) is 2.16. The molecule has 0 saturated carbocycles. The van der Waals surface area contributed by atoms with Crippen LogP contribution in [0.5, 0.6) is 0 Å². The van der Waals surface area contributed by atoms with Crippen molar-refractivity contribution in [2.75, 3.05) is 13.2 Å². The Morgan fingerprint density at radius 2 is 0.750 bits per heavy atom. The van der Waals surface area contributed by atoms with Gasteiger partial charge in [-0.05, 0) is 0 Å². The zero-order chi connectivity index (χ0) is 18.6. The van der Waals surface area contributed by atoms with Crippen molar-refractivity contribution in [2.45, 2.75) is 61.4 Å². The smallest absolute Gasteiger partial charge is 0.184 e. The van der Waals surface area contributed by atoms with Gasteiger partial charge in [0, 0.05) is 0 Å². The molecular weight excluding hydrogens is 336 g/mol. The van der Waals surface area contributed by atoms with E-state index in [2.05, 4.69) is 9.47 Å². The van der Waals surface area contributed by atoms with E-state index < -0.39 is 74.6 Å². The molecule has 0 aromatic rings. The summed E-state index contributed by atoms with van der Waals surface area (Å²) in [4.78, 5) is 0. The lowest BCUT2D eigenvalue weighted by Gasteiger charge is -2.37. The number of hydrogen-bond acceptors (Lipinski definition) is 12. The summed E-state index contributed by atoms with van der Waals surface area (Å²) in [5.74, 6) is 0. The molecule has 12 nitrogen and oxygen atoms in total. The predicted octanol–water partition coefficient (Wildman–Crippen LogP) is -6.44. The molecule has 2 aliphatic heterocycles. The summed E-state index contributed by atoms with van der Waals surface area (Å²) in [6.45, 7) is -1.05. The second-order valence-corrected chi connectivity index (χ2v) is 5.44. The topological polar surface area (TPSA) is 221 Å². The van der Waals surface area contributed by atoms with Gasteiger partial charge in [-0.15, -0.1) is 0 Å². The Balaban J connectivity index is 0.000000240. The van der Waals surface area contributed by atoms with Crippen molar-refractivity contribution in [2.24, 2.45) is 0 Å². The van der Waals surface area contributed by atoms with Gasteiger partial charge in [-0.2, -0.15) is 0 Å². The van der Waals surface area contributed by atoms with Crippen molar-refractivity contribution in [3.8, 4) is 0 Å². The van der Waals surface area contributed by atoms with Gasteiger partial charge in [-0.1, -0.05) is 0 Å². The van der Waals surface area contributed by atoms with Crippen LogP contribution in [0, 0.1) is 0 Å². The van der Waals surface area contributed by atoms with Gasteiger partial charge < -0.3 is 60.5 Å². The van der Waals surface area contributed by atoms with Gasteiger partial charge in [0.1, 0.15) is 48.8 Å². The van der Waals surface area contributed by atoms with E-state index in [0.29, 0.717) is 0 Å². The van der Waals surface area contributed by atoms with Crippen LogP contribution in [0.4, 0.5) is 0 Å². The molecular formula is C12H24O12. The number of aliphatic hydroxyl groups is 10. The van der Waals surface area contributed by atoms with E-state index in [1.54, 1.807) is 0 Å². The van der Waals surface area contributed by atoms with Gasteiger partial charge in [0.05, 0.1) is 13.2 Å². The molecule has 12 heteroatoms. The summed E-state index contributed by atoms with van der Waals surface area (Å²) in [7, 11) is 0. The summed E-state index contributed by atoms with van der Waals surface area (Å²) >= 11 is 0. The van der Waals surface area contributed by atoms with Crippen LogP contribution < -0.4 is 0 Å². The monoisotopic (exact) mass is 360 g/mol. The summed E-state index contributed by atoms with van der Waals surface area (Å²) in [6.07, 6.45) is -14.1. The first-order valence-corrected chi connectivity index (χ1v) is 7.12. The minimum Gasteiger partial charge on any atom is -0.394 e. The van der Waals surface area contributed by atoms with Crippen LogP contribution in [0.15, 0.2) is 0 Å². The highest BCUT2D eigenvalue weighted by Crippen LogP contribution is 2.19. The first kappa shape index (κ1) is 21.6. The lowest BCUT2D eigenvalue weighted by atomic mass is 10.00. The quantitative estimate of drug-likeness (QED) is 0.222.